The third-order valence-corrected chi connectivity index (χ3v) is 12.5. The van der Waals surface area contributed by atoms with Crippen LogP contribution in [0.15, 0.2) is 53.4 Å². The highest BCUT2D eigenvalue weighted by Crippen LogP contribution is 2.44. The monoisotopic (exact) mass is 790 g/mol. The fraction of sp³-hybridized carbons (Fsp3) is 0.553. The van der Waals surface area contributed by atoms with Crippen LogP contribution in [0, 0.1) is 19.3 Å². The maximum atomic E-state index is 14.5. The number of hydrogen-bond donors (Lipinski definition) is 2. The number of fused-ring (bicyclic) bond motifs is 1. The minimum Gasteiger partial charge on any atom is -0.481 e. The lowest BCUT2D eigenvalue weighted by molar-refractivity contribution is -0.147. The van der Waals surface area contributed by atoms with E-state index in [0.717, 1.165) is 29.6 Å². The summed E-state index contributed by atoms with van der Waals surface area (Å²) in [5.41, 5.74) is 1.22. The van der Waals surface area contributed by atoms with Crippen molar-refractivity contribution in [3.8, 4) is 0 Å². The van der Waals surface area contributed by atoms with Crippen molar-refractivity contribution in [2.75, 3.05) is 52.6 Å². The summed E-state index contributed by atoms with van der Waals surface area (Å²) < 4.78 is 90.0. The molecule has 3 aliphatic rings. The Morgan fingerprint density at radius 2 is 1.82 bits per heavy atom. The molecule has 13 nitrogen and oxygen atoms in total. The second-order valence-corrected chi connectivity index (χ2v) is 16.7. The van der Waals surface area contributed by atoms with Gasteiger partial charge in [0.25, 0.3) is 0 Å². The number of aliphatic carboxylic acids is 1. The fourth-order valence-corrected chi connectivity index (χ4v) is 8.98. The molecule has 5 heterocycles. The van der Waals surface area contributed by atoms with Crippen LogP contribution in [0.5, 0.6) is 0 Å². The lowest BCUT2D eigenvalue weighted by atomic mass is 9.70. The van der Waals surface area contributed by atoms with Crippen LogP contribution in [0.2, 0.25) is 0 Å². The summed E-state index contributed by atoms with van der Waals surface area (Å²) in [6.45, 7) is 10.6. The molecule has 0 bridgehead atoms. The van der Waals surface area contributed by atoms with Crippen molar-refractivity contribution in [3.05, 3.63) is 87.0 Å². The van der Waals surface area contributed by atoms with Crippen molar-refractivity contribution in [2.45, 2.75) is 78.2 Å². The van der Waals surface area contributed by atoms with Crippen LogP contribution in [0.4, 0.5) is 13.2 Å². The Morgan fingerprint density at radius 3 is 2.55 bits per heavy atom. The molecular formula is C38H49F3N6O7S. The summed E-state index contributed by atoms with van der Waals surface area (Å²) >= 11 is 0. The Morgan fingerprint density at radius 1 is 1.05 bits per heavy atom. The van der Waals surface area contributed by atoms with Crippen molar-refractivity contribution in [3.63, 3.8) is 0 Å². The van der Waals surface area contributed by atoms with Gasteiger partial charge in [-0.15, -0.1) is 10.2 Å². The average Bonchev–Trinajstić information content (AvgIpc) is 3.58. The lowest BCUT2D eigenvalue weighted by Crippen LogP contribution is -2.40. The van der Waals surface area contributed by atoms with Crippen LogP contribution in [0.25, 0.3) is 5.65 Å². The Kier molecular flexibility index (Phi) is 12.3. The zero-order valence-corrected chi connectivity index (χ0v) is 32.4. The molecule has 2 aromatic heterocycles. The Bertz CT molecular complexity index is 2040. The molecule has 2 atom stereocenters. The van der Waals surface area contributed by atoms with Crippen LogP contribution >= 0.6 is 0 Å². The predicted octanol–water partition coefficient (Wildman–Crippen LogP) is 5.33. The smallest absolute Gasteiger partial charge is 0.452 e. The molecule has 17 heteroatoms. The van der Waals surface area contributed by atoms with Gasteiger partial charge in [0, 0.05) is 38.4 Å². The number of pyridine rings is 1. The minimum atomic E-state index is -4.75. The topological polar surface area (TPSA) is 148 Å². The van der Waals surface area contributed by atoms with Gasteiger partial charge in [0.15, 0.2) is 5.65 Å². The molecule has 300 valence electrons. The van der Waals surface area contributed by atoms with Crippen LogP contribution in [0.1, 0.15) is 79.1 Å². The molecule has 3 aliphatic heterocycles. The number of ether oxygens (including phenoxy) is 3. The van der Waals surface area contributed by atoms with E-state index in [1.807, 2.05) is 6.92 Å². The van der Waals surface area contributed by atoms with E-state index in [1.165, 1.54) is 41.9 Å². The molecule has 0 radical (unpaired) electrons. The Hall–Kier alpha value is -4.03. The third-order valence-electron chi connectivity index (χ3n) is 10.6. The van der Waals surface area contributed by atoms with Gasteiger partial charge in [0.05, 0.1) is 18.6 Å². The maximum absolute atomic E-state index is 14.5. The Labute approximate surface area is 319 Å². The largest absolute Gasteiger partial charge is 0.481 e. The summed E-state index contributed by atoms with van der Waals surface area (Å²) in [5, 5.41) is 20.7. The molecule has 2 N–H and O–H groups in total. The molecule has 0 amide bonds. The van der Waals surface area contributed by atoms with E-state index in [-0.39, 0.29) is 42.7 Å². The average molecular weight is 791 g/mol. The standard InChI is InChI=1S/C38H49F3N6O7S/c1-25-9-10-27(32(37(3,4)36(48)49)29-13-17-47-33(26(29)2)43-44-35(47)38(39,40)41)23-28(25)24-46-16-8-19-52-21-22-54-34-30(55(46,50)51)11-12-31(42-34)53-20-18-45-14-6-5-7-15-45/h9-13,17,23,31-32,42H,5-8,14-16,18-22,24H2,1-4H3,(H,48,49)/t31?,32-/m0/s1. The van der Waals surface area contributed by atoms with E-state index >= 15 is 0 Å². The first-order valence-electron chi connectivity index (χ1n) is 18.6. The van der Waals surface area contributed by atoms with Crippen molar-refractivity contribution < 1.29 is 45.7 Å². The summed E-state index contributed by atoms with van der Waals surface area (Å²) in [6.07, 6.45) is 3.03. The number of aromatic nitrogens is 3. The number of nitrogens with zero attached hydrogens (tertiary/aromatic N) is 5. The normalized spacial score (nSPS) is 21.0. The van der Waals surface area contributed by atoms with Crippen LogP contribution in [-0.2, 0) is 41.7 Å². The lowest BCUT2D eigenvalue weighted by Gasteiger charge is -2.33. The first-order chi connectivity index (χ1) is 26.1. The van der Waals surface area contributed by atoms with Gasteiger partial charge in [0.2, 0.25) is 21.7 Å². The molecule has 0 aliphatic carbocycles. The minimum absolute atomic E-state index is 0.0422. The van der Waals surface area contributed by atoms with Crippen LogP contribution < -0.4 is 5.32 Å². The number of likely N-dealkylation sites (tertiary alicyclic amines) is 1. The SMILES string of the molecule is Cc1ccc([C@@H](c2ccn3c(C(F)(F)F)nnc3c2C)C(C)(C)C(=O)O)cc1CN1CCCOCCOC2=C(C=CC(OCCN3CCCCC3)N2)S1(=O)=O. The summed E-state index contributed by atoms with van der Waals surface area (Å²) in [5.74, 6) is -3.11. The Balaban J connectivity index is 1.32. The molecule has 3 aromatic rings. The van der Waals surface area contributed by atoms with E-state index in [2.05, 4.69) is 20.4 Å². The number of aryl methyl sites for hydroxylation is 2. The highest BCUT2D eigenvalue weighted by atomic mass is 32.2. The van der Waals surface area contributed by atoms with Crippen molar-refractivity contribution in [2.24, 2.45) is 5.41 Å². The van der Waals surface area contributed by atoms with E-state index in [4.69, 9.17) is 14.2 Å². The number of alkyl halides is 3. The maximum Gasteiger partial charge on any atom is 0.452 e. The number of halogens is 3. The molecule has 0 spiro atoms. The van der Waals surface area contributed by atoms with Gasteiger partial charge in [-0.25, -0.2) is 8.42 Å². The highest BCUT2D eigenvalue weighted by molar-refractivity contribution is 7.93. The number of nitrogens with one attached hydrogen (secondary N) is 1. The van der Waals surface area contributed by atoms with Gasteiger partial charge in [-0.3, -0.25) is 9.20 Å². The number of sulfonamides is 1. The summed E-state index contributed by atoms with van der Waals surface area (Å²) in [7, 11) is -4.17. The van der Waals surface area contributed by atoms with Crippen molar-refractivity contribution >= 4 is 21.6 Å². The van der Waals surface area contributed by atoms with E-state index in [0.29, 0.717) is 41.9 Å². The van der Waals surface area contributed by atoms with Gasteiger partial charge >= 0.3 is 12.1 Å². The zero-order valence-electron chi connectivity index (χ0n) is 31.6. The summed E-state index contributed by atoms with van der Waals surface area (Å²) in [6, 6.07) is 6.82. The van der Waals surface area contributed by atoms with Gasteiger partial charge in [-0.2, -0.15) is 17.5 Å². The number of carboxylic acid groups (broad SMARTS) is 1. The number of allylic oxidation sites excluding steroid dienone is 1. The fourth-order valence-electron chi connectivity index (χ4n) is 7.42. The first kappa shape index (κ1) is 40.6. The summed E-state index contributed by atoms with van der Waals surface area (Å²) in [4.78, 5) is 15.1. The van der Waals surface area contributed by atoms with Gasteiger partial charge < -0.3 is 29.5 Å². The van der Waals surface area contributed by atoms with E-state index in [1.54, 1.807) is 45.0 Å². The second kappa shape index (κ2) is 16.6. The molecule has 55 heavy (non-hydrogen) atoms. The van der Waals surface area contributed by atoms with Crippen molar-refractivity contribution in [1.29, 1.82) is 0 Å². The molecule has 1 aromatic carbocycles. The number of rotatable bonds is 10. The van der Waals surface area contributed by atoms with Crippen LogP contribution in [-0.4, -0.2) is 102 Å². The zero-order chi connectivity index (χ0) is 39.5. The number of carbonyl (C=O) groups is 1. The molecule has 1 unspecified atom stereocenters. The van der Waals surface area contributed by atoms with Crippen LogP contribution in [0.3, 0.4) is 0 Å². The van der Waals surface area contributed by atoms with Crippen molar-refractivity contribution in [1.82, 2.24) is 29.1 Å². The van der Waals surface area contributed by atoms with Gasteiger partial charge in [0.1, 0.15) is 17.7 Å². The quantitative estimate of drug-likeness (QED) is 0.275. The molecular weight excluding hydrogens is 742 g/mol. The first-order valence-corrected chi connectivity index (χ1v) is 20.0. The van der Waals surface area contributed by atoms with E-state index in [9.17, 15) is 31.5 Å². The predicted molar refractivity (Wildman–Crippen MR) is 197 cm³/mol. The third kappa shape index (κ3) is 8.85. The number of dihydropyridines is 1. The number of benzene rings is 1. The number of piperidine rings is 1. The number of hydrogen-bond acceptors (Lipinski definition) is 10. The molecule has 0 saturated carbocycles. The van der Waals surface area contributed by atoms with E-state index < -0.39 is 45.6 Å². The van der Waals surface area contributed by atoms with Gasteiger partial charge in [-0.05, 0) is 106 Å². The number of carboxylic acids is 1. The molecule has 1 saturated heterocycles. The molecule has 6 rings (SSSR count). The highest BCUT2D eigenvalue weighted by Gasteiger charge is 2.42. The molecule has 1 fully saturated rings. The second-order valence-electron chi connectivity index (χ2n) is 14.8. The van der Waals surface area contributed by atoms with Gasteiger partial charge in [-0.1, -0.05) is 24.6 Å².